The number of H-pyrrole nitrogens is 1. The Kier molecular flexibility index (Phi) is 4.09. The second-order valence-electron chi connectivity index (χ2n) is 6.44. The van der Waals surface area contributed by atoms with Gasteiger partial charge in [0.25, 0.3) is 0 Å². The van der Waals surface area contributed by atoms with E-state index in [-0.39, 0.29) is 6.03 Å². The van der Waals surface area contributed by atoms with Crippen molar-refractivity contribution in [2.24, 2.45) is 5.92 Å². The highest BCUT2D eigenvalue weighted by atomic mass is 16.5. The van der Waals surface area contributed by atoms with Crippen LogP contribution in [0, 0.1) is 12.8 Å². The molecule has 1 aliphatic heterocycles. The number of nitrogens with one attached hydrogen (secondary N) is 2. The zero-order valence-corrected chi connectivity index (χ0v) is 14.0. The van der Waals surface area contributed by atoms with Crippen molar-refractivity contribution in [2.75, 3.05) is 18.4 Å². The van der Waals surface area contributed by atoms with Crippen LogP contribution in [-0.4, -0.2) is 44.4 Å². The molecule has 3 heterocycles. The van der Waals surface area contributed by atoms with Gasteiger partial charge in [0.2, 0.25) is 5.89 Å². The Hall–Kier alpha value is -2.90. The first-order valence-corrected chi connectivity index (χ1v) is 8.46. The van der Waals surface area contributed by atoms with Gasteiger partial charge in [-0.15, -0.1) is 0 Å². The fourth-order valence-electron chi connectivity index (χ4n) is 3.28. The normalized spacial score (nSPS) is 15.6. The second kappa shape index (κ2) is 6.54. The highest BCUT2D eigenvalue weighted by molar-refractivity contribution is 5.99. The quantitative estimate of drug-likeness (QED) is 0.763. The van der Waals surface area contributed by atoms with Gasteiger partial charge in [-0.3, -0.25) is 5.10 Å². The highest BCUT2D eigenvalue weighted by Crippen LogP contribution is 2.24. The number of benzene rings is 1. The molecule has 25 heavy (non-hydrogen) atoms. The summed E-state index contributed by atoms with van der Waals surface area (Å²) in [5.41, 5.74) is 1.60. The van der Waals surface area contributed by atoms with E-state index in [2.05, 4.69) is 25.7 Å². The SMILES string of the molecule is Cc1noc(CC2CCN(C(=O)Nc3cccc4cn[nH]c34)CC2)n1. The Balaban J connectivity index is 1.34. The molecular formula is C17H20N6O2. The number of aryl methyl sites for hydroxylation is 1. The van der Waals surface area contributed by atoms with Crippen molar-refractivity contribution in [3.05, 3.63) is 36.1 Å². The minimum atomic E-state index is -0.0748. The molecule has 1 aromatic carbocycles. The Morgan fingerprint density at radius 3 is 3.00 bits per heavy atom. The number of piperidine rings is 1. The van der Waals surface area contributed by atoms with Crippen LogP contribution in [0.5, 0.6) is 0 Å². The summed E-state index contributed by atoms with van der Waals surface area (Å²) in [4.78, 5) is 18.7. The number of anilines is 1. The summed E-state index contributed by atoms with van der Waals surface area (Å²) in [6, 6.07) is 5.67. The summed E-state index contributed by atoms with van der Waals surface area (Å²) in [5, 5.41) is 14.7. The van der Waals surface area contributed by atoms with Gasteiger partial charge in [0.15, 0.2) is 5.82 Å². The van der Waals surface area contributed by atoms with Gasteiger partial charge in [0.05, 0.1) is 17.4 Å². The van der Waals surface area contributed by atoms with Crippen molar-refractivity contribution in [2.45, 2.75) is 26.2 Å². The van der Waals surface area contributed by atoms with Crippen LogP contribution in [0.2, 0.25) is 0 Å². The average molecular weight is 340 g/mol. The Bertz CT molecular complexity index is 878. The van der Waals surface area contributed by atoms with Crippen LogP contribution in [-0.2, 0) is 6.42 Å². The number of para-hydroxylation sites is 1. The molecule has 1 aliphatic rings. The molecule has 2 amide bonds. The van der Waals surface area contributed by atoms with E-state index in [1.165, 1.54) is 0 Å². The van der Waals surface area contributed by atoms with Gasteiger partial charge < -0.3 is 14.7 Å². The maximum Gasteiger partial charge on any atom is 0.321 e. The van der Waals surface area contributed by atoms with Crippen LogP contribution in [0.25, 0.3) is 10.9 Å². The van der Waals surface area contributed by atoms with Crippen molar-refractivity contribution in [1.82, 2.24) is 25.2 Å². The van der Waals surface area contributed by atoms with E-state index in [9.17, 15) is 4.79 Å². The number of hydrogen-bond acceptors (Lipinski definition) is 5. The molecule has 2 N–H and O–H groups in total. The lowest BCUT2D eigenvalue weighted by Crippen LogP contribution is -2.41. The fourth-order valence-corrected chi connectivity index (χ4v) is 3.28. The smallest absolute Gasteiger partial charge is 0.321 e. The molecule has 0 aliphatic carbocycles. The van der Waals surface area contributed by atoms with Gasteiger partial charge >= 0.3 is 6.03 Å². The molecule has 0 spiro atoms. The van der Waals surface area contributed by atoms with E-state index in [4.69, 9.17) is 4.52 Å². The molecular weight excluding hydrogens is 320 g/mol. The van der Waals surface area contributed by atoms with Gasteiger partial charge in [0.1, 0.15) is 0 Å². The van der Waals surface area contributed by atoms with E-state index in [0.29, 0.717) is 17.6 Å². The molecule has 3 aromatic rings. The number of amides is 2. The number of rotatable bonds is 3. The van der Waals surface area contributed by atoms with Crippen LogP contribution in [0.4, 0.5) is 10.5 Å². The average Bonchev–Trinajstić information content (AvgIpc) is 3.25. The van der Waals surface area contributed by atoms with Gasteiger partial charge in [-0.25, -0.2) is 4.79 Å². The Morgan fingerprint density at radius 1 is 1.40 bits per heavy atom. The number of carbonyl (C=O) groups is 1. The third-order valence-electron chi connectivity index (χ3n) is 4.65. The summed E-state index contributed by atoms with van der Waals surface area (Å²) in [6.07, 6.45) is 4.39. The molecule has 1 fully saturated rings. The molecule has 0 atom stereocenters. The van der Waals surface area contributed by atoms with E-state index in [1.807, 2.05) is 30.0 Å². The maximum atomic E-state index is 12.5. The third-order valence-corrected chi connectivity index (χ3v) is 4.65. The zero-order valence-electron chi connectivity index (χ0n) is 14.0. The predicted octanol–water partition coefficient (Wildman–Crippen LogP) is 2.74. The highest BCUT2D eigenvalue weighted by Gasteiger charge is 2.24. The van der Waals surface area contributed by atoms with Crippen molar-refractivity contribution in [3.63, 3.8) is 0 Å². The minimum absolute atomic E-state index is 0.0748. The monoisotopic (exact) mass is 340 g/mol. The lowest BCUT2D eigenvalue weighted by atomic mass is 9.94. The lowest BCUT2D eigenvalue weighted by molar-refractivity contribution is 0.179. The van der Waals surface area contributed by atoms with Gasteiger partial charge in [-0.1, -0.05) is 17.3 Å². The first kappa shape index (κ1) is 15.6. The zero-order chi connectivity index (χ0) is 17.2. The topological polar surface area (TPSA) is 99.9 Å². The summed E-state index contributed by atoms with van der Waals surface area (Å²) in [5.74, 6) is 1.83. The van der Waals surface area contributed by atoms with Crippen molar-refractivity contribution >= 4 is 22.6 Å². The number of fused-ring (bicyclic) bond motifs is 1. The fraction of sp³-hybridized carbons (Fsp3) is 0.412. The Morgan fingerprint density at radius 2 is 2.24 bits per heavy atom. The first-order chi connectivity index (χ1) is 12.2. The van der Waals surface area contributed by atoms with Crippen LogP contribution < -0.4 is 5.32 Å². The number of nitrogens with zero attached hydrogens (tertiary/aromatic N) is 4. The molecule has 8 nitrogen and oxygen atoms in total. The lowest BCUT2D eigenvalue weighted by Gasteiger charge is -2.31. The van der Waals surface area contributed by atoms with Crippen molar-refractivity contribution in [1.29, 1.82) is 0 Å². The van der Waals surface area contributed by atoms with Crippen LogP contribution in [0.15, 0.2) is 28.9 Å². The Labute approximate surface area is 144 Å². The van der Waals surface area contributed by atoms with E-state index in [0.717, 1.165) is 48.9 Å². The number of urea groups is 1. The molecule has 0 bridgehead atoms. The first-order valence-electron chi connectivity index (χ1n) is 8.46. The number of likely N-dealkylation sites (tertiary alicyclic amines) is 1. The number of aromatic nitrogens is 4. The van der Waals surface area contributed by atoms with E-state index >= 15 is 0 Å². The van der Waals surface area contributed by atoms with Crippen LogP contribution >= 0.6 is 0 Å². The largest absolute Gasteiger partial charge is 0.339 e. The summed E-state index contributed by atoms with van der Waals surface area (Å²) in [7, 11) is 0. The maximum absolute atomic E-state index is 12.5. The predicted molar refractivity (Wildman–Crippen MR) is 92.1 cm³/mol. The molecule has 0 radical (unpaired) electrons. The standard InChI is InChI=1S/C17H20N6O2/c1-11-19-15(25-22-11)9-12-5-7-23(8-6-12)17(24)20-14-4-2-3-13-10-18-21-16(13)14/h2-4,10,12H,5-9H2,1H3,(H,18,21)(H,20,24). The third kappa shape index (κ3) is 3.33. The molecule has 2 aromatic heterocycles. The number of hydrogen-bond donors (Lipinski definition) is 2. The van der Waals surface area contributed by atoms with E-state index < -0.39 is 0 Å². The molecule has 0 unspecified atom stereocenters. The second-order valence-corrected chi connectivity index (χ2v) is 6.44. The van der Waals surface area contributed by atoms with E-state index in [1.54, 1.807) is 6.20 Å². The van der Waals surface area contributed by atoms with Crippen molar-refractivity contribution < 1.29 is 9.32 Å². The minimum Gasteiger partial charge on any atom is -0.339 e. The number of aromatic amines is 1. The van der Waals surface area contributed by atoms with Gasteiger partial charge in [-0.05, 0) is 31.7 Å². The molecule has 4 rings (SSSR count). The molecule has 8 heteroatoms. The van der Waals surface area contributed by atoms with Crippen LogP contribution in [0.1, 0.15) is 24.6 Å². The van der Waals surface area contributed by atoms with Crippen molar-refractivity contribution in [3.8, 4) is 0 Å². The van der Waals surface area contributed by atoms with Gasteiger partial charge in [0, 0.05) is 24.9 Å². The van der Waals surface area contributed by atoms with Gasteiger partial charge in [-0.2, -0.15) is 10.1 Å². The summed E-state index contributed by atoms with van der Waals surface area (Å²) < 4.78 is 5.19. The molecule has 130 valence electrons. The van der Waals surface area contributed by atoms with Crippen LogP contribution in [0.3, 0.4) is 0 Å². The molecule has 0 saturated carbocycles. The summed E-state index contributed by atoms with van der Waals surface area (Å²) >= 11 is 0. The number of carbonyl (C=O) groups excluding carboxylic acids is 1. The summed E-state index contributed by atoms with van der Waals surface area (Å²) in [6.45, 7) is 3.27. The molecule has 1 saturated heterocycles.